The number of carbonyl (C=O) groups is 2. The topological polar surface area (TPSA) is 42.3 Å². The molecule has 0 bridgehead atoms. The number of halogens is 1. The Labute approximate surface area is 163 Å². The first-order chi connectivity index (χ1) is 13.5. The van der Waals surface area contributed by atoms with Gasteiger partial charge in [0.05, 0.1) is 5.52 Å². The molecule has 4 rings (SSSR count). The maximum absolute atomic E-state index is 15.0. The van der Waals surface area contributed by atoms with E-state index in [2.05, 4.69) is 23.3 Å². The Morgan fingerprint density at radius 1 is 1.11 bits per heavy atom. The highest BCUT2D eigenvalue weighted by molar-refractivity contribution is 6.19. The van der Waals surface area contributed by atoms with Gasteiger partial charge in [-0.15, -0.1) is 0 Å². The summed E-state index contributed by atoms with van der Waals surface area (Å²) in [5, 5.41) is 1.28. The molecule has 4 nitrogen and oxygen atoms in total. The molecule has 0 radical (unpaired) electrons. The highest BCUT2D eigenvalue weighted by atomic mass is 19.1. The fourth-order valence-electron chi connectivity index (χ4n) is 4.54. The summed E-state index contributed by atoms with van der Waals surface area (Å²) in [6, 6.07) is 6.75. The van der Waals surface area contributed by atoms with Gasteiger partial charge in [-0.2, -0.15) is 0 Å². The summed E-state index contributed by atoms with van der Waals surface area (Å²) in [5.41, 5.74) is 3.72. The second kappa shape index (κ2) is 7.13. The van der Waals surface area contributed by atoms with Crippen LogP contribution in [-0.4, -0.2) is 40.7 Å². The third-order valence-corrected chi connectivity index (χ3v) is 6.04. The van der Waals surface area contributed by atoms with Crippen LogP contribution in [0.4, 0.5) is 4.39 Å². The van der Waals surface area contributed by atoms with Crippen molar-refractivity contribution in [2.24, 2.45) is 0 Å². The number of ketones is 2. The zero-order chi connectivity index (χ0) is 20.0. The fraction of sp³-hybridized carbons (Fsp3) is 0.391. The largest absolute Gasteiger partial charge is 0.338 e. The van der Waals surface area contributed by atoms with E-state index >= 15 is 4.39 Å². The molecule has 0 fully saturated rings. The van der Waals surface area contributed by atoms with Crippen molar-refractivity contribution < 1.29 is 14.0 Å². The van der Waals surface area contributed by atoms with Crippen LogP contribution in [0.15, 0.2) is 24.3 Å². The minimum absolute atomic E-state index is 0.0791. The summed E-state index contributed by atoms with van der Waals surface area (Å²) in [5.74, 6) is -0.298. The van der Waals surface area contributed by atoms with Gasteiger partial charge in [0, 0.05) is 46.9 Å². The van der Waals surface area contributed by atoms with E-state index in [0.717, 1.165) is 36.1 Å². The number of likely N-dealkylation sites (N-methyl/N-ethyl adjacent to an activating group) is 1. The van der Waals surface area contributed by atoms with Gasteiger partial charge in [-0.1, -0.05) is 13.8 Å². The number of rotatable bonds is 6. The predicted octanol–water partition coefficient (Wildman–Crippen LogP) is 4.61. The van der Waals surface area contributed by atoms with Crippen LogP contribution < -0.4 is 0 Å². The molecule has 3 aromatic rings. The molecule has 0 N–H and O–H groups in total. The lowest BCUT2D eigenvalue weighted by molar-refractivity contribution is 0.0991. The van der Waals surface area contributed by atoms with Gasteiger partial charge < -0.3 is 9.47 Å². The van der Waals surface area contributed by atoms with Gasteiger partial charge in [0.15, 0.2) is 11.6 Å². The van der Waals surface area contributed by atoms with Crippen molar-refractivity contribution in [3.05, 3.63) is 46.8 Å². The minimum atomic E-state index is -0.334. The molecule has 0 saturated carbocycles. The van der Waals surface area contributed by atoms with Crippen molar-refractivity contribution in [2.45, 2.75) is 40.2 Å². The maximum atomic E-state index is 15.0. The highest BCUT2D eigenvalue weighted by Crippen LogP contribution is 2.39. The van der Waals surface area contributed by atoms with Gasteiger partial charge in [0.2, 0.25) is 0 Å². The Morgan fingerprint density at radius 3 is 2.54 bits per heavy atom. The van der Waals surface area contributed by atoms with E-state index in [1.54, 1.807) is 6.07 Å². The van der Waals surface area contributed by atoms with Gasteiger partial charge in [-0.25, -0.2) is 4.39 Å². The Kier molecular flexibility index (Phi) is 4.79. The van der Waals surface area contributed by atoms with Gasteiger partial charge >= 0.3 is 0 Å². The normalized spacial score (nSPS) is 13.8. The Hall–Kier alpha value is -2.53. The summed E-state index contributed by atoms with van der Waals surface area (Å²) in [4.78, 5) is 26.9. The molecule has 2 aromatic carbocycles. The van der Waals surface area contributed by atoms with Crippen LogP contribution in [0, 0.1) is 5.82 Å². The first-order valence-corrected chi connectivity index (χ1v) is 10.0. The number of Topliss-reactive ketones (excluding diaryl/α,β-unsaturated/α-hetero) is 2. The number of nitrogens with zero attached hydrogens (tertiary/aromatic N) is 2. The van der Waals surface area contributed by atoms with Crippen LogP contribution in [0.1, 0.15) is 53.5 Å². The van der Waals surface area contributed by atoms with Crippen LogP contribution in [0.2, 0.25) is 0 Å². The van der Waals surface area contributed by atoms with Gasteiger partial charge in [0.25, 0.3) is 0 Å². The van der Waals surface area contributed by atoms with Crippen LogP contribution in [0.3, 0.4) is 0 Å². The Balaban J connectivity index is 2.06. The molecule has 0 spiro atoms. The lowest BCUT2D eigenvalue weighted by atomic mass is 10.0. The molecule has 0 saturated heterocycles. The number of fused-ring (bicyclic) bond motifs is 5. The van der Waals surface area contributed by atoms with E-state index in [1.165, 1.54) is 13.0 Å². The quantitative estimate of drug-likeness (QED) is 0.587. The molecular formula is C23H25FN2O2. The van der Waals surface area contributed by atoms with E-state index in [0.29, 0.717) is 41.4 Å². The Morgan fingerprint density at radius 2 is 1.86 bits per heavy atom. The highest BCUT2D eigenvalue weighted by Gasteiger charge is 2.27. The average molecular weight is 380 g/mol. The van der Waals surface area contributed by atoms with Crippen LogP contribution in [0.25, 0.3) is 21.8 Å². The van der Waals surface area contributed by atoms with E-state index < -0.39 is 0 Å². The molecule has 1 aromatic heterocycles. The predicted molar refractivity (Wildman–Crippen MR) is 110 cm³/mol. The first kappa shape index (κ1) is 18.8. The van der Waals surface area contributed by atoms with E-state index in [1.807, 2.05) is 12.1 Å². The lowest BCUT2D eigenvalue weighted by Crippen LogP contribution is -2.27. The second-order valence-corrected chi connectivity index (χ2v) is 7.46. The van der Waals surface area contributed by atoms with Gasteiger partial charge in [-0.05, 0) is 56.3 Å². The molecular weight excluding hydrogens is 355 g/mol. The summed E-state index contributed by atoms with van der Waals surface area (Å²) >= 11 is 0. The average Bonchev–Trinajstić information content (AvgIpc) is 3.21. The summed E-state index contributed by atoms with van der Waals surface area (Å²) in [7, 11) is 0. The molecule has 0 unspecified atom stereocenters. The van der Waals surface area contributed by atoms with E-state index in [9.17, 15) is 9.59 Å². The second-order valence-electron chi connectivity index (χ2n) is 7.46. The number of carbonyl (C=O) groups excluding carboxylic acids is 2. The van der Waals surface area contributed by atoms with Crippen molar-refractivity contribution in [1.29, 1.82) is 0 Å². The molecule has 1 aliphatic carbocycles. The third-order valence-electron chi connectivity index (χ3n) is 6.04. The van der Waals surface area contributed by atoms with Crippen molar-refractivity contribution in [3.8, 4) is 0 Å². The van der Waals surface area contributed by atoms with Gasteiger partial charge in [-0.3, -0.25) is 9.59 Å². The zero-order valence-corrected chi connectivity index (χ0v) is 16.6. The molecule has 146 valence electrons. The number of hydrogen-bond acceptors (Lipinski definition) is 3. The molecule has 1 aliphatic rings. The maximum Gasteiger partial charge on any atom is 0.163 e. The van der Waals surface area contributed by atoms with Crippen LogP contribution >= 0.6 is 0 Å². The number of aryl methyl sites for hydroxylation is 1. The molecule has 0 atom stereocenters. The molecule has 28 heavy (non-hydrogen) atoms. The van der Waals surface area contributed by atoms with Crippen LogP contribution in [0.5, 0.6) is 0 Å². The van der Waals surface area contributed by atoms with Crippen molar-refractivity contribution in [2.75, 3.05) is 19.6 Å². The summed E-state index contributed by atoms with van der Waals surface area (Å²) in [6.45, 7) is 9.11. The van der Waals surface area contributed by atoms with Crippen molar-refractivity contribution in [3.63, 3.8) is 0 Å². The Bertz CT molecular complexity index is 1110. The fourth-order valence-corrected chi connectivity index (χ4v) is 4.54. The van der Waals surface area contributed by atoms with Crippen LogP contribution in [-0.2, 0) is 13.0 Å². The summed E-state index contributed by atoms with van der Waals surface area (Å²) in [6.07, 6.45) is 1.10. The standard InChI is InChI=1S/C23H25FN2O2/c1-4-25(5-2)12-13-26-19-10-7-16-17(8-11-20(16)28)21(19)22-18(24)9-6-15(14(3)27)23(22)26/h6-7,9-10H,4-5,8,11-13H2,1-3H3. The molecule has 0 amide bonds. The number of hydrogen-bond donors (Lipinski definition) is 0. The lowest BCUT2D eigenvalue weighted by Gasteiger charge is -2.19. The zero-order valence-electron chi connectivity index (χ0n) is 16.6. The smallest absolute Gasteiger partial charge is 0.163 e. The number of benzene rings is 2. The first-order valence-electron chi connectivity index (χ1n) is 10.0. The number of aromatic nitrogens is 1. The van der Waals surface area contributed by atoms with Gasteiger partial charge in [0.1, 0.15) is 5.82 Å². The minimum Gasteiger partial charge on any atom is -0.338 e. The van der Waals surface area contributed by atoms with Crippen molar-refractivity contribution in [1.82, 2.24) is 9.47 Å². The third kappa shape index (κ3) is 2.76. The monoisotopic (exact) mass is 380 g/mol. The summed E-state index contributed by atoms with van der Waals surface area (Å²) < 4.78 is 17.1. The van der Waals surface area contributed by atoms with E-state index in [-0.39, 0.29) is 17.4 Å². The van der Waals surface area contributed by atoms with E-state index in [4.69, 9.17) is 0 Å². The SMILES string of the molecule is CCN(CC)CCn1c2ccc3c(c2c2c(F)ccc(C(C)=O)c21)CCC3=O. The molecule has 1 heterocycles. The molecule has 0 aliphatic heterocycles. The molecule has 5 heteroatoms. The van der Waals surface area contributed by atoms with Crippen molar-refractivity contribution >= 4 is 33.4 Å².